The zero-order chi connectivity index (χ0) is 22.1. The second-order valence-electron chi connectivity index (χ2n) is 8.69. The van der Waals surface area contributed by atoms with Crippen LogP contribution in [0.2, 0.25) is 0 Å². The van der Waals surface area contributed by atoms with Crippen LogP contribution in [0.15, 0.2) is 42.5 Å². The van der Waals surface area contributed by atoms with E-state index in [2.05, 4.69) is 5.32 Å². The first-order chi connectivity index (χ1) is 15.6. The maximum atomic E-state index is 13.9. The van der Waals surface area contributed by atoms with E-state index in [4.69, 9.17) is 14.2 Å². The fourth-order valence-electron chi connectivity index (χ4n) is 5.54. The van der Waals surface area contributed by atoms with Crippen molar-refractivity contribution in [3.05, 3.63) is 53.6 Å². The second kappa shape index (κ2) is 8.47. The van der Waals surface area contributed by atoms with E-state index in [1.807, 2.05) is 35.2 Å². The molecule has 32 heavy (non-hydrogen) atoms. The lowest BCUT2D eigenvalue weighted by atomic mass is 9.65. The van der Waals surface area contributed by atoms with Gasteiger partial charge in [-0.1, -0.05) is 37.5 Å². The summed E-state index contributed by atoms with van der Waals surface area (Å²) in [4.78, 5) is 29.4. The first-order valence-corrected chi connectivity index (χ1v) is 11.2. The van der Waals surface area contributed by atoms with Crippen LogP contribution >= 0.6 is 0 Å². The quantitative estimate of drug-likeness (QED) is 0.768. The molecule has 0 aromatic heterocycles. The lowest BCUT2D eigenvalue weighted by Gasteiger charge is -2.53. The summed E-state index contributed by atoms with van der Waals surface area (Å²) in [6.45, 7) is 1.09. The Kier molecular flexibility index (Phi) is 5.51. The van der Waals surface area contributed by atoms with Crippen LogP contribution in [0.4, 0.5) is 5.69 Å². The van der Waals surface area contributed by atoms with Crippen molar-refractivity contribution in [2.75, 3.05) is 32.4 Å². The average molecular weight is 437 g/mol. The normalized spacial score (nSPS) is 20.8. The Morgan fingerprint density at radius 1 is 1.12 bits per heavy atom. The average Bonchev–Trinajstić information content (AvgIpc) is 3.28. The first kappa shape index (κ1) is 20.8. The Labute approximate surface area is 187 Å². The number of nitrogens with one attached hydrogen (secondary N) is 1. The highest BCUT2D eigenvalue weighted by Gasteiger charge is 2.54. The topological polar surface area (TPSA) is 77.1 Å². The Hall–Kier alpha value is -3.06. The van der Waals surface area contributed by atoms with Gasteiger partial charge in [-0.25, -0.2) is 0 Å². The lowest BCUT2D eigenvalue weighted by molar-refractivity contribution is -0.122. The highest BCUT2D eigenvalue weighted by atomic mass is 16.7. The van der Waals surface area contributed by atoms with Gasteiger partial charge in [0.15, 0.2) is 11.5 Å². The SMILES string of the molecule is COCCN1C(=O)c2ccccc2C(C(=O)Nc2ccc3c(c2)OCO3)C12CCCCC2. The highest BCUT2D eigenvalue weighted by Crippen LogP contribution is 2.49. The maximum absolute atomic E-state index is 13.9. The molecular weight excluding hydrogens is 408 g/mol. The van der Waals surface area contributed by atoms with Crippen LogP contribution in [0.1, 0.15) is 53.9 Å². The third kappa shape index (κ3) is 3.41. The van der Waals surface area contributed by atoms with Crippen LogP contribution < -0.4 is 14.8 Å². The number of hydrogen-bond acceptors (Lipinski definition) is 5. The molecule has 3 aliphatic rings. The third-order valence-corrected chi connectivity index (χ3v) is 6.96. The van der Waals surface area contributed by atoms with Crippen molar-refractivity contribution in [1.29, 1.82) is 0 Å². The zero-order valence-electron chi connectivity index (χ0n) is 18.3. The largest absolute Gasteiger partial charge is 0.454 e. The molecule has 1 unspecified atom stereocenters. The standard InChI is InChI=1S/C25H28N2O5/c1-30-14-13-27-24(29)19-8-4-3-7-18(19)22(25(27)11-5-2-6-12-25)23(28)26-17-9-10-20-21(15-17)32-16-31-20/h3-4,7-10,15,22H,2,5-6,11-14,16H2,1H3,(H,26,28). The maximum Gasteiger partial charge on any atom is 0.254 e. The Balaban J connectivity index is 1.55. The summed E-state index contributed by atoms with van der Waals surface area (Å²) in [7, 11) is 1.64. The summed E-state index contributed by atoms with van der Waals surface area (Å²) in [5.41, 5.74) is 1.52. The number of fused-ring (bicyclic) bond motifs is 2. The first-order valence-electron chi connectivity index (χ1n) is 11.2. The van der Waals surface area contributed by atoms with Crippen LogP contribution in [0.25, 0.3) is 0 Å². The van der Waals surface area contributed by atoms with Gasteiger partial charge in [0.1, 0.15) is 0 Å². The summed E-state index contributed by atoms with van der Waals surface area (Å²) in [6.07, 6.45) is 4.71. The number of hydrogen-bond donors (Lipinski definition) is 1. The van der Waals surface area contributed by atoms with E-state index in [1.54, 1.807) is 19.2 Å². The predicted molar refractivity (Wildman–Crippen MR) is 119 cm³/mol. The molecular formula is C25H28N2O5. The molecule has 1 aliphatic carbocycles. The molecule has 7 heteroatoms. The molecule has 7 nitrogen and oxygen atoms in total. The van der Waals surface area contributed by atoms with Crippen LogP contribution in [0, 0.1) is 0 Å². The van der Waals surface area contributed by atoms with Crippen molar-refractivity contribution < 1.29 is 23.8 Å². The molecule has 2 aromatic carbocycles. The molecule has 0 saturated heterocycles. The smallest absolute Gasteiger partial charge is 0.254 e. The fraction of sp³-hybridized carbons (Fsp3) is 0.440. The molecule has 5 rings (SSSR count). The van der Waals surface area contributed by atoms with Crippen LogP contribution in [-0.4, -0.2) is 49.3 Å². The van der Waals surface area contributed by atoms with E-state index in [1.165, 1.54) is 0 Å². The predicted octanol–water partition coefficient (Wildman–Crippen LogP) is 3.94. The van der Waals surface area contributed by atoms with Gasteiger partial charge in [0, 0.05) is 31.0 Å². The third-order valence-electron chi connectivity index (χ3n) is 6.96. The molecule has 1 spiro atoms. The van der Waals surface area contributed by atoms with Gasteiger partial charge >= 0.3 is 0 Å². The summed E-state index contributed by atoms with van der Waals surface area (Å²) in [5.74, 6) is 0.723. The number of methoxy groups -OCH3 is 1. The number of amides is 2. The number of benzene rings is 2. The number of rotatable bonds is 5. The van der Waals surface area contributed by atoms with Gasteiger partial charge < -0.3 is 24.4 Å². The van der Waals surface area contributed by atoms with Crippen molar-refractivity contribution in [3.63, 3.8) is 0 Å². The van der Waals surface area contributed by atoms with Gasteiger partial charge in [-0.05, 0) is 36.6 Å². The number of ether oxygens (including phenoxy) is 3. The van der Waals surface area contributed by atoms with Crippen LogP contribution in [-0.2, 0) is 9.53 Å². The minimum atomic E-state index is -0.553. The van der Waals surface area contributed by atoms with Crippen molar-refractivity contribution in [1.82, 2.24) is 4.90 Å². The number of nitrogens with zero attached hydrogens (tertiary/aromatic N) is 1. The Bertz CT molecular complexity index is 1030. The molecule has 2 aromatic rings. The Morgan fingerprint density at radius 3 is 2.72 bits per heavy atom. The molecule has 1 atom stereocenters. The van der Waals surface area contributed by atoms with Gasteiger partial charge in [0.25, 0.3) is 5.91 Å². The molecule has 2 heterocycles. The van der Waals surface area contributed by atoms with E-state index >= 15 is 0 Å². The molecule has 1 fully saturated rings. The Morgan fingerprint density at radius 2 is 1.91 bits per heavy atom. The van der Waals surface area contributed by atoms with Crippen molar-refractivity contribution in [2.24, 2.45) is 0 Å². The zero-order valence-corrected chi connectivity index (χ0v) is 18.3. The van der Waals surface area contributed by atoms with Gasteiger partial charge in [-0.3, -0.25) is 9.59 Å². The number of carbonyl (C=O) groups excluding carboxylic acids is 2. The molecule has 2 amide bonds. The minimum Gasteiger partial charge on any atom is -0.454 e. The summed E-state index contributed by atoms with van der Waals surface area (Å²) in [6, 6.07) is 12.9. The van der Waals surface area contributed by atoms with E-state index in [0.29, 0.717) is 35.9 Å². The minimum absolute atomic E-state index is 0.00770. The van der Waals surface area contributed by atoms with E-state index in [9.17, 15) is 9.59 Å². The molecule has 1 N–H and O–H groups in total. The molecule has 168 valence electrons. The van der Waals surface area contributed by atoms with Crippen molar-refractivity contribution in [3.8, 4) is 11.5 Å². The summed E-state index contributed by atoms with van der Waals surface area (Å²) in [5, 5.41) is 3.10. The monoisotopic (exact) mass is 436 g/mol. The summed E-state index contributed by atoms with van der Waals surface area (Å²) < 4.78 is 16.2. The fourth-order valence-corrected chi connectivity index (χ4v) is 5.54. The molecule has 2 aliphatic heterocycles. The van der Waals surface area contributed by atoms with Gasteiger partial charge in [0.05, 0.1) is 18.1 Å². The number of anilines is 1. The molecule has 0 radical (unpaired) electrons. The van der Waals surface area contributed by atoms with Gasteiger partial charge in [0.2, 0.25) is 12.7 Å². The second-order valence-corrected chi connectivity index (χ2v) is 8.69. The van der Waals surface area contributed by atoms with Gasteiger partial charge in [-0.15, -0.1) is 0 Å². The van der Waals surface area contributed by atoms with Crippen molar-refractivity contribution >= 4 is 17.5 Å². The number of carbonyl (C=O) groups is 2. The van der Waals surface area contributed by atoms with Crippen molar-refractivity contribution in [2.45, 2.75) is 43.6 Å². The molecule has 1 saturated carbocycles. The van der Waals surface area contributed by atoms with Gasteiger partial charge in [-0.2, -0.15) is 0 Å². The van der Waals surface area contributed by atoms with Crippen LogP contribution in [0.3, 0.4) is 0 Å². The highest BCUT2D eigenvalue weighted by molar-refractivity contribution is 6.05. The van der Waals surface area contributed by atoms with E-state index in [0.717, 1.165) is 37.7 Å². The molecule has 0 bridgehead atoms. The van der Waals surface area contributed by atoms with Crippen LogP contribution in [0.5, 0.6) is 11.5 Å². The van der Waals surface area contributed by atoms with E-state index in [-0.39, 0.29) is 18.6 Å². The lowest BCUT2D eigenvalue weighted by Crippen LogP contribution is -2.62. The van der Waals surface area contributed by atoms with E-state index < -0.39 is 11.5 Å². The summed E-state index contributed by atoms with van der Waals surface area (Å²) >= 11 is 0.